The van der Waals surface area contributed by atoms with Crippen LogP contribution in [0.1, 0.15) is 10.4 Å². The van der Waals surface area contributed by atoms with E-state index in [4.69, 9.17) is 11.6 Å². The van der Waals surface area contributed by atoms with E-state index in [0.717, 1.165) is 51.8 Å². The SMILES string of the molecule is CN(C)CCNCc1ccc(-c2ccc3c(Nc4ccc(Sc5nccn5C)c(Cl)c4)c(C#N)cnc3c2)s1. The maximum Gasteiger partial charge on any atom is 0.172 e. The lowest BCUT2D eigenvalue weighted by Crippen LogP contribution is -2.25. The van der Waals surface area contributed by atoms with Crippen LogP contribution in [-0.2, 0) is 13.6 Å². The summed E-state index contributed by atoms with van der Waals surface area (Å²) in [5.41, 5.74) is 3.91. The van der Waals surface area contributed by atoms with E-state index in [1.165, 1.54) is 21.5 Å². The number of imidazole rings is 1. The van der Waals surface area contributed by atoms with Crippen LogP contribution in [0.4, 0.5) is 11.4 Å². The average Bonchev–Trinajstić information content (AvgIpc) is 3.57. The van der Waals surface area contributed by atoms with Crippen molar-refractivity contribution >= 4 is 57.0 Å². The summed E-state index contributed by atoms with van der Waals surface area (Å²) in [6.07, 6.45) is 5.28. The molecule has 2 aromatic carbocycles. The van der Waals surface area contributed by atoms with Gasteiger partial charge in [0, 0.05) is 71.0 Å². The second-order valence-electron chi connectivity index (χ2n) is 9.33. The predicted octanol–water partition coefficient (Wildman–Crippen LogP) is 6.77. The average molecular weight is 574 g/mol. The van der Waals surface area contributed by atoms with Gasteiger partial charge in [-0.25, -0.2) is 4.98 Å². The lowest BCUT2D eigenvalue weighted by Gasteiger charge is -2.13. The number of nitrogens with zero attached hydrogens (tertiary/aromatic N) is 5. The van der Waals surface area contributed by atoms with E-state index in [9.17, 15) is 5.26 Å². The summed E-state index contributed by atoms with van der Waals surface area (Å²) in [5.74, 6) is 0. The minimum atomic E-state index is 0.472. The molecule has 0 atom stereocenters. The van der Waals surface area contributed by atoms with E-state index in [2.05, 4.69) is 69.9 Å². The van der Waals surface area contributed by atoms with Gasteiger partial charge >= 0.3 is 0 Å². The van der Waals surface area contributed by atoms with Crippen LogP contribution in [0.15, 0.2) is 77.2 Å². The molecular weight excluding hydrogens is 546 g/mol. The van der Waals surface area contributed by atoms with Crippen molar-refractivity contribution in [2.45, 2.75) is 16.6 Å². The molecule has 7 nitrogen and oxygen atoms in total. The number of hydrogen-bond acceptors (Lipinski definition) is 8. The highest BCUT2D eigenvalue weighted by molar-refractivity contribution is 7.99. The van der Waals surface area contributed by atoms with E-state index in [1.807, 2.05) is 42.1 Å². The first-order valence-electron chi connectivity index (χ1n) is 12.4. The Bertz CT molecular complexity index is 1650. The Balaban J connectivity index is 1.37. The maximum atomic E-state index is 9.80. The summed E-state index contributed by atoms with van der Waals surface area (Å²) in [6, 6.07) is 18.6. The fourth-order valence-electron chi connectivity index (χ4n) is 4.06. The van der Waals surface area contributed by atoms with Crippen LogP contribution in [0.3, 0.4) is 0 Å². The summed E-state index contributed by atoms with van der Waals surface area (Å²) in [7, 11) is 6.10. The van der Waals surface area contributed by atoms with Crippen molar-refractivity contribution in [2.75, 3.05) is 32.5 Å². The summed E-state index contributed by atoms with van der Waals surface area (Å²) in [5, 5.41) is 19.1. The van der Waals surface area contributed by atoms with Gasteiger partial charge in [-0.3, -0.25) is 4.98 Å². The molecule has 5 aromatic rings. The Morgan fingerprint density at radius 3 is 2.74 bits per heavy atom. The van der Waals surface area contributed by atoms with Crippen molar-refractivity contribution in [3.8, 4) is 16.5 Å². The fraction of sp³-hybridized carbons (Fsp3) is 0.207. The zero-order chi connectivity index (χ0) is 27.4. The van der Waals surface area contributed by atoms with Gasteiger partial charge in [-0.05, 0) is 56.1 Å². The quantitative estimate of drug-likeness (QED) is 0.178. The number of anilines is 2. The Kier molecular flexibility index (Phi) is 8.50. The molecule has 0 aliphatic heterocycles. The van der Waals surface area contributed by atoms with Gasteiger partial charge in [-0.1, -0.05) is 35.5 Å². The Morgan fingerprint density at radius 2 is 2.00 bits per heavy atom. The van der Waals surface area contributed by atoms with Crippen LogP contribution in [0.5, 0.6) is 0 Å². The highest BCUT2D eigenvalue weighted by Crippen LogP contribution is 2.37. The van der Waals surface area contributed by atoms with Crippen LogP contribution in [-0.4, -0.2) is 46.6 Å². The second kappa shape index (κ2) is 12.2. The smallest absolute Gasteiger partial charge is 0.172 e. The summed E-state index contributed by atoms with van der Waals surface area (Å²) >= 11 is 9.90. The number of pyridine rings is 1. The summed E-state index contributed by atoms with van der Waals surface area (Å²) < 4.78 is 1.95. The molecule has 3 aromatic heterocycles. The standard InChI is InChI=1S/C29H28ClN7S2/c1-36(2)12-10-32-18-22-6-9-26(38-22)19-4-7-23-25(14-19)34-17-20(16-31)28(23)35-21-5-8-27(24(30)15-21)39-29-33-11-13-37(29)3/h4-9,11,13-15,17,32H,10,12,18H2,1-3H3,(H,34,35). The first-order valence-corrected chi connectivity index (χ1v) is 14.4. The third-order valence-electron chi connectivity index (χ3n) is 6.15. The molecule has 0 radical (unpaired) electrons. The molecule has 0 saturated heterocycles. The number of likely N-dealkylation sites (N-methyl/N-ethyl adjacent to an activating group) is 1. The largest absolute Gasteiger partial charge is 0.354 e. The normalized spacial score (nSPS) is 11.3. The molecule has 2 N–H and O–H groups in total. The molecule has 0 bridgehead atoms. The molecule has 198 valence electrons. The Labute approximate surface area is 241 Å². The van der Waals surface area contributed by atoms with E-state index in [1.54, 1.807) is 23.7 Å². The highest BCUT2D eigenvalue weighted by Gasteiger charge is 2.13. The summed E-state index contributed by atoms with van der Waals surface area (Å²) in [6.45, 7) is 2.82. The van der Waals surface area contributed by atoms with E-state index < -0.39 is 0 Å². The van der Waals surface area contributed by atoms with Gasteiger partial charge in [0.05, 0.1) is 21.8 Å². The minimum absolute atomic E-state index is 0.472. The number of nitriles is 1. The van der Waals surface area contributed by atoms with Gasteiger partial charge in [-0.2, -0.15) is 5.26 Å². The van der Waals surface area contributed by atoms with Gasteiger partial charge < -0.3 is 20.1 Å². The van der Waals surface area contributed by atoms with Crippen LogP contribution in [0, 0.1) is 11.3 Å². The number of halogens is 1. The number of benzene rings is 2. The molecule has 0 unspecified atom stereocenters. The van der Waals surface area contributed by atoms with Gasteiger partial charge in [-0.15, -0.1) is 11.3 Å². The monoisotopic (exact) mass is 573 g/mol. The minimum Gasteiger partial charge on any atom is -0.354 e. The maximum absolute atomic E-state index is 9.80. The lowest BCUT2D eigenvalue weighted by molar-refractivity contribution is 0.400. The van der Waals surface area contributed by atoms with Gasteiger partial charge in [0.2, 0.25) is 0 Å². The third-order valence-corrected chi connectivity index (χ3v) is 8.86. The van der Waals surface area contributed by atoms with E-state index in [0.29, 0.717) is 16.3 Å². The third kappa shape index (κ3) is 6.44. The van der Waals surface area contributed by atoms with Crippen molar-refractivity contribution in [3.05, 3.63) is 82.6 Å². The second-order valence-corrected chi connectivity index (χ2v) is 11.9. The van der Waals surface area contributed by atoms with Crippen molar-refractivity contribution in [1.82, 2.24) is 24.8 Å². The molecule has 0 aliphatic carbocycles. The predicted molar refractivity (Wildman–Crippen MR) is 162 cm³/mol. The molecule has 39 heavy (non-hydrogen) atoms. The molecule has 5 rings (SSSR count). The molecule has 0 amide bonds. The molecule has 0 saturated carbocycles. The molecular formula is C29H28ClN7S2. The molecule has 0 spiro atoms. The first-order chi connectivity index (χ1) is 18.9. The molecule has 0 fully saturated rings. The first kappa shape index (κ1) is 27.2. The van der Waals surface area contributed by atoms with Crippen molar-refractivity contribution in [2.24, 2.45) is 7.05 Å². The van der Waals surface area contributed by atoms with Crippen molar-refractivity contribution < 1.29 is 0 Å². The zero-order valence-corrected chi connectivity index (χ0v) is 24.3. The van der Waals surface area contributed by atoms with Crippen LogP contribution >= 0.6 is 34.7 Å². The van der Waals surface area contributed by atoms with Crippen LogP contribution in [0.25, 0.3) is 21.3 Å². The number of hydrogen-bond donors (Lipinski definition) is 2. The van der Waals surface area contributed by atoms with Crippen LogP contribution in [0.2, 0.25) is 5.02 Å². The lowest BCUT2D eigenvalue weighted by atomic mass is 10.1. The number of aromatic nitrogens is 3. The number of fused-ring (bicyclic) bond motifs is 1. The van der Waals surface area contributed by atoms with Gasteiger partial charge in [0.25, 0.3) is 0 Å². The van der Waals surface area contributed by atoms with Crippen molar-refractivity contribution in [3.63, 3.8) is 0 Å². The Hall–Kier alpha value is -3.39. The van der Waals surface area contributed by atoms with Gasteiger partial charge in [0.15, 0.2) is 5.16 Å². The van der Waals surface area contributed by atoms with Gasteiger partial charge in [0.1, 0.15) is 6.07 Å². The van der Waals surface area contributed by atoms with Crippen LogP contribution < -0.4 is 10.6 Å². The Morgan fingerprint density at radius 1 is 1.13 bits per heavy atom. The van der Waals surface area contributed by atoms with E-state index in [-0.39, 0.29) is 0 Å². The number of nitrogens with one attached hydrogen (secondary N) is 2. The molecule has 3 heterocycles. The topological polar surface area (TPSA) is 81.8 Å². The molecule has 10 heteroatoms. The number of rotatable bonds is 10. The fourth-order valence-corrected chi connectivity index (χ4v) is 6.14. The molecule has 0 aliphatic rings. The summed E-state index contributed by atoms with van der Waals surface area (Å²) in [4.78, 5) is 14.5. The zero-order valence-electron chi connectivity index (χ0n) is 21.9. The van der Waals surface area contributed by atoms with E-state index >= 15 is 0 Å². The van der Waals surface area contributed by atoms with Crippen molar-refractivity contribution in [1.29, 1.82) is 5.26 Å². The number of thiophene rings is 1. The number of aryl methyl sites for hydroxylation is 1. The highest BCUT2D eigenvalue weighted by atomic mass is 35.5.